The van der Waals surface area contributed by atoms with Gasteiger partial charge in [-0.3, -0.25) is 0 Å². The van der Waals surface area contributed by atoms with Crippen LogP contribution in [-0.2, 0) is 13.1 Å². The Hall–Kier alpha value is -1.39. The average Bonchev–Trinajstić information content (AvgIpc) is 2.79. The van der Waals surface area contributed by atoms with Crippen LogP contribution in [0.3, 0.4) is 0 Å². The number of nitrogens with one attached hydrogen (secondary N) is 1. The van der Waals surface area contributed by atoms with E-state index >= 15 is 0 Å². The topological polar surface area (TPSA) is 29.9 Å². The van der Waals surface area contributed by atoms with Crippen LogP contribution >= 0.6 is 11.6 Å². The van der Waals surface area contributed by atoms with E-state index in [1.807, 2.05) is 25.4 Å². The van der Waals surface area contributed by atoms with Gasteiger partial charge in [0.15, 0.2) is 0 Å². The Balaban J connectivity index is 1.77. The summed E-state index contributed by atoms with van der Waals surface area (Å²) in [6.45, 7) is 6.60. The van der Waals surface area contributed by atoms with E-state index in [-0.39, 0.29) is 10.8 Å². The molecule has 0 amide bonds. The van der Waals surface area contributed by atoms with Gasteiger partial charge in [0.25, 0.3) is 0 Å². The molecular weight excluding hydrogens is 277 g/mol. The molecule has 1 atom stereocenters. The Morgan fingerprint density at radius 1 is 1.45 bits per heavy atom. The van der Waals surface area contributed by atoms with Gasteiger partial charge in [-0.05, 0) is 37.1 Å². The van der Waals surface area contributed by atoms with Crippen LogP contribution in [0.25, 0.3) is 0 Å². The fraction of sp³-hybridized carbons (Fsp3) is 0.400. The Bertz CT molecular complexity index is 568. The number of rotatable bonds is 6. The van der Waals surface area contributed by atoms with E-state index in [1.165, 1.54) is 6.07 Å². The van der Waals surface area contributed by atoms with Crippen molar-refractivity contribution in [1.29, 1.82) is 0 Å². The standard InChI is InChI=1S/C15H19ClFN3/c1-11(10-20-6-5-19-12(20)2)8-18-9-13-3-4-14(16)15(17)7-13/h3-7,11,18H,8-10H2,1-2H3. The molecule has 1 aromatic carbocycles. The maximum Gasteiger partial charge on any atom is 0.142 e. The molecule has 0 saturated heterocycles. The predicted octanol–water partition coefficient (Wildman–Crippen LogP) is 3.41. The lowest BCUT2D eigenvalue weighted by atomic mass is 10.1. The van der Waals surface area contributed by atoms with Gasteiger partial charge in [-0.15, -0.1) is 0 Å². The molecule has 0 spiro atoms. The fourth-order valence-electron chi connectivity index (χ4n) is 2.11. The fourth-order valence-corrected chi connectivity index (χ4v) is 2.23. The van der Waals surface area contributed by atoms with E-state index in [1.54, 1.807) is 6.07 Å². The van der Waals surface area contributed by atoms with Crippen molar-refractivity contribution >= 4 is 11.6 Å². The highest BCUT2D eigenvalue weighted by Crippen LogP contribution is 2.15. The molecule has 2 aromatic rings. The summed E-state index contributed by atoms with van der Waals surface area (Å²) >= 11 is 5.66. The van der Waals surface area contributed by atoms with Gasteiger partial charge >= 0.3 is 0 Å². The van der Waals surface area contributed by atoms with Crippen LogP contribution in [0, 0.1) is 18.7 Å². The Morgan fingerprint density at radius 2 is 2.25 bits per heavy atom. The van der Waals surface area contributed by atoms with Crippen LogP contribution in [0.5, 0.6) is 0 Å². The molecular formula is C15H19ClFN3. The largest absolute Gasteiger partial charge is 0.335 e. The van der Waals surface area contributed by atoms with E-state index in [9.17, 15) is 4.39 Å². The molecule has 0 bridgehead atoms. The van der Waals surface area contributed by atoms with Crippen LogP contribution in [0.2, 0.25) is 5.02 Å². The van der Waals surface area contributed by atoms with Crippen molar-refractivity contribution < 1.29 is 4.39 Å². The van der Waals surface area contributed by atoms with Gasteiger partial charge < -0.3 is 9.88 Å². The highest BCUT2D eigenvalue weighted by molar-refractivity contribution is 6.30. The SMILES string of the molecule is Cc1nccn1CC(C)CNCc1ccc(Cl)c(F)c1. The third-order valence-corrected chi connectivity index (χ3v) is 3.54. The molecule has 0 fully saturated rings. The van der Waals surface area contributed by atoms with E-state index in [0.717, 1.165) is 24.5 Å². The minimum atomic E-state index is -0.368. The quantitative estimate of drug-likeness (QED) is 0.885. The number of aryl methyl sites for hydroxylation is 1. The molecule has 0 saturated carbocycles. The lowest BCUT2D eigenvalue weighted by molar-refractivity contribution is 0.440. The highest BCUT2D eigenvalue weighted by Gasteiger charge is 2.06. The molecule has 108 valence electrons. The van der Waals surface area contributed by atoms with Crippen molar-refractivity contribution in [2.24, 2.45) is 5.92 Å². The number of hydrogen-bond donors (Lipinski definition) is 1. The molecule has 1 heterocycles. The Kier molecular flexibility index (Phi) is 5.15. The van der Waals surface area contributed by atoms with Gasteiger partial charge in [0.1, 0.15) is 11.6 Å². The van der Waals surface area contributed by atoms with Crippen molar-refractivity contribution in [2.75, 3.05) is 6.54 Å². The van der Waals surface area contributed by atoms with Gasteiger partial charge in [-0.2, -0.15) is 0 Å². The third kappa shape index (κ3) is 4.05. The van der Waals surface area contributed by atoms with Gasteiger partial charge in [-0.25, -0.2) is 9.37 Å². The third-order valence-electron chi connectivity index (χ3n) is 3.24. The maximum atomic E-state index is 13.3. The molecule has 20 heavy (non-hydrogen) atoms. The molecule has 0 aliphatic heterocycles. The van der Waals surface area contributed by atoms with E-state index in [2.05, 4.69) is 21.8 Å². The molecule has 1 unspecified atom stereocenters. The summed E-state index contributed by atoms with van der Waals surface area (Å²) in [4.78, 5) is 4.20. The summed E-state index contributed by atoms with van der Waals surface area (Å²) in [5.41, 5.74) is 0.901. The minimum absolute atomic E-state index is 0.165. The molecule has 5 heteroatoms. The van der Waals surface area contributed by atoms with Gasteiger partial charge in [-0.1, -0.05) is 24.6 Å². The van der Waals surface area contributed by atoms with Crippen molar-refractivity contribution in [2.45, 2.75) is 26.9 Å². The summed E-state index contributed by atoms with van der Waals surface area (Å²) < 4.78 is 15.4. The van der Waals surface area contributed by atoms with Gasteiger partial charge in [0.2, 0.25) is 0 Å². The predicted molar refractivity (Wildman–Crippen MR) is 79.2 cm³/mol. The van der Waals surface area contributed by atoms with Crippen LogP contribution in [0.4, 0.5) is 4.39 Å². The van der Waals surface area contributed by atoms with E-state index < -0.39 is 0 Å². The van der Waals surface area contributed by atoms with Crippen LogP contribution < -0.4 is 5.32 Å². The first-order chi connectivity index (χ1) is 9.56. The van der Waals surface area contributed by atoms with Crippen LogP contribution in [0.15, 0.2) is 30.6 Å². The number of benzene rings is 1. The molecule has 0 radical (unpaired) electrons. The number of halogens is 2. The summed E-state index contributed by atoms with van der Waals surface area (Å²) in [5, 5.41) is 3.50. The molecule has 0 aliphatic carbocycles. The van der Waals surface area contributed by atoms with E-state index in [4.69, 9.17) is 11.6 Å². The van der Waals surface area contributed by atoms with Gasteiger partial charge in [0.05, 0.1) is 5.02 Å². The second-order valence-electron chi connectivity index (χ2n) is 5.11. The summed E-state index contributed by atoms with van der Waals surface area (Å²) in [5.74, 6) is 1.13. The number of nitrogens with zero attached hydrogens (tertiary/aromatic N) is 2. The zero-order valence-corrected chi connectivity index (χ0v) is 12.5. The first-order valence-electron chi connectivity index (χ1n) is 6.68. The lowest BCUT2D eigenvalue weighted by Gasteiger charge is -2.14. The second kappa shape index (κ2) is 6.86. The monoisotopic (exact) mass is 295 g/mol. The summed E-state index contributed by atoms with van der Waals surface area (Å²) in [7, 11) is 0. The first kappa shape index (κ1) is 15.0. The first-order valence-corrected chi connectivity index (χ1v) is 7.06. The Labute approximate surface area is 123 Å². The minimum Gasteiger partial charge on any atom is -0.335 e. The lowest BCUT2D eigenvalue weighted by Crippen LogP contribution is -2.24. The van der Waals surface area contributed by atoms with Crippen molar-refractivity contribution in [3.8, 4) is 0 Å². The number of aromatic nitrogens is 2. The van der Waals surface area contributed by atoms with Crippen LogP contribution in [-0.4, -0.2) is 16.1 Å². The molecule has 1 N–H and O–H groups in total. The van der Waals surface area contributed by atoms with Crippen molar-refractivity contribution in [1.82, 2.24) is 14.9 Å². The summed E-state index contributed by atoms with van der Waals surface area (Å²) in [6, 6.07) is 4.90. The van der Waals surface area contributed by atoms with Crippen molar-refractivity contribution in [3.63, 3.8) is 0 Å². The summed E-state index contributed by atoms with van der Waals surface area (Å²) in [6.07, 6.45) is 3.80. The van der Waals surface area contributed by atoms with Crippen LogP contribution in [0.1, 0.15) is 18.3 Å². The van der Waals surface area contributed by atoms with Crippen molar-refractivity contribution in [3.05, 3.63) is 52.8 Å². The molecule has 3 nitrogen and oxygen atoms in total. The average molecular weight is 296 g/mol. The highest BCUT2D eigenvalue weighted by atomic mass is 35.5. The molecule has 2 rings (SSSR count). The second-order valence-corrected chi connectivity index (χ2v) is 5.52. The Morgan fingerprint density at radius 3 is 2.90 bits per heavy atom. The normalized spacial score (nSPS) is 12.6. The number of hydrogen-bond acceptors (Lipinski definition) is 2. The zero-order chi connectivity index (χ0) is 14.5. The number of imidazole rings is 1. The van der Waals surface area contributed by atoms with E-state index in [0.29, 0.717) is 12.5 Å². The molecule has 0 aliphatic rings. The van der Waals surface area contributed by atoms with Gasteiger partial charge in [0, 0.05) is 25.5 Å². The zero-order valence-electron chi connectivity index (χ0n) is 11.7. The molecule has 1 aromatic heterocycles. The smallest absolute Gasteiger partial charge is 0.142 e. The maximum absolute atomic E-state index is 13.3.